The molecule has 2 heterocycles. The summed E-state index contributed by atoms with van der Waals surface area (Å²) in [4.78, 5) is 26.9. The van der Waals surface area contributed by atoms with Gasteiger partial charge in [0.25, 0.3) is 0 Å². The fourth-order valence-electron chi connectivity index (χ4n) is 4.19. The highest BCUT2D eigenvalue weighted by Gasteiger charge is 2.38. The van der Waals surface area contributed by atoms with Crippen molar-refractivity contribution in [1.82, 2.24) is 9.62 Å². The van der Waals surface area contributed by atoms with Crippen LogP contribution in [0.4, 0.5) is 5.69 Å². The minimum Gasteiger partial charge on any atom is -0.354 e. The Bertz CT molecular complexity index is 898. The Morgan fingerprint density at radius 1 is 1.16 bits per heavy atom. The SMILES string of the molecule is CCCSCCCNC(=O)C1Cc2cc(S(=O)(=O)N3CCCCC3)ccc2N1C(C)=O. The van der Waals surface area contributed by atoms with Crippen molar-refractivity contribution in [2.45, 2.75) is 63.3 Å². The number of rotatable bonds is 9. The first-order valence-corrected chi connectivity index (χ1v) is 13.7. The summed E-state index contributed by atoms with van der Waals surface area (Å²) in [5.41, 5.74) is 1.36. The van der Waals surface area contributed by atoms with Crippen LogP contribution in [0.5, 0.6) is 0 Å². The number of nitrogens with zero attached hydrogens (tertiary/aromatic N) is 2. The highest BCUT2D eigenvalue weighted by Crippen LogP contribution is 2.35. The number of carbonyl (C=O) groups excluding carboxylic acids is 2. The van der Waals surface area contributed by atoms with Crippen LogP contribution >= 0.6 is 11.8 Å². The molecule has 1 atom stereocenters. The molecule has 7 nitrogen and oxygen atoms in total. The highest BCUT2D eigenvalue weighted by atomic mass is 32.2. The van der Waals surface area contributed by atoms with Gasteiger partial charge >= 0.3 is 0 Å². The van der Waals surface area contributed by atoms with Crippen LogP contribution in [0.3, 0.4) is 0 Å². The second-order valence-corrected chi connectivity index (χ2v) is 11.3. The first-order chi connectivity index (χ1) is 14.9. The van der Waals surface area contributed by atoms with Crippen molar-refractivity contribution in [2.24, 2.45) is 0 Å². The Hall–Kier alpha value is -1.58. The lowest BCUT2D eigenvalue weighted by atomic mass is 10.1. The minimum atomic E-state index is -3.56. The number of sulfonamides is 1. The van der Waals surface area contributed by atoms with Crippen molar-refractivity contribution in [1.29, 1.82) is 0 Å². The number of carbonyl (C=O) groups is 2. The van der Waals surface area contributed by atoms with Gasteiger partial charge in [0.1, 0.15) is 6.04 Å². The van der Waals surface area contributed by atoms with E-state index in [0.717, 1.165) is 49.2 Å². The smallest absolute Gasteiger partial charge is 0.243 e. The maximum Gasteiger partial charge on any atom is 0.243 e. The molecule has 172 valence electrons. The number of hydrogen-bond donors (Lipinski definition) is 1. The second kappa shape index (κ2) is 10.8. The lowest BCUT2D eigenvalue weighted by Crippen LogP contribution is -2.47. The summed E-state index contributed by atoms with van der Waals surface area (Å²) in [5, 5.41) is 2.95. The molecule has 0 aliphatic carbocycles. The van der Waals surface area contributed by atoms with Crippen molar-refractivity contribution in [3.05, 3.63) is 23.8 Å². The predicted octanol–water partition coefficient (Wildman–Crippen LogP) is 2.79. The second-order valence-electron chi connectivity index (χ2n) is 8.12. The number of piperidine rings is 1. The molecule has 1 saturated heterocycles. The van der Waals surface area contributed by atoms with E-state index in [0.29, 0.717) is 31.7 Å². The van der Waals surface area contributed by atoms with E-state index >= 15 is 0 Å². The zero-order chi connectivity index (χ0) is 22.4. The monoisotopic (exact) mass is 467 g/mol. The van der Waals surface area contributed by atoms with Gasteiger partial charge < -0.3 is 5.32 Å². The number of benzene rings is 1. The molecule has 1 aromatic rings. The molecule has 1 fully saturated rings. The third kappa shape index (κ3) is 5.62. The molecule has 0 saturated carbocycles. The lowest BCUT2D eigenvalue weighted by Gasteiger charge is -2.26. The van der Waals surface area contributed by atoms with Crippen LogP contribution in [0.25, 0.3) is 0 Å². The minimum absolute atomic E-state index is 0.188. The molecule has 2 aliphatic rings. The molecular weight excluding hydrogens is 434 g/mol. The Balaban J connectivity index is 1.71. The third-order valence-electron chi connectivity index (χ3n) is 5.74. The largest absolute Gasteiger partial charge is 0.354 e. The summed E-state index contributed by atoms with van der Waals surface area (Å²) < 4.78 is 27.6. The van der Waals surface area contributed by atoms with Gasteiger partial charge in [0.2, 0.25) is 21.8 Å². The molecule has 1 aromatic carbocycles. The van der Waals surface area contributed by atoms with Crippen molar-refractivity contribution >= 4 is 39.3 Å². The van der Waals surface area contributed by atoms with Crippen molar-refractivity contribution in [2.75, 3.05) is 36.0 Å². The van der Waals surface area contributed by atoms with Crippen molar-refractivity contribution < 1.29 is 18.0 Å². The fourth-order valence-corrected chi connectivity index (χ4v) is 6.60. The Morgan fingerprint density at radius 2 is 1.90 bits per heavy atom. The molecule has 9 heteroatoms. The number of nitrogens with one attached hydrogen (secondary N) is 1. The van der Waals surface area contributed by atoms with E-state index in [1.54, 1.807) is 18.2 Å². The third-order valence-corrected chi connectivity index (χ3v) is 8.91. The maximum absolute atomic E-state index is 13.0. The average Bonchev–Trinajstić information content (AvgIpc) is 3.16. The van der Waals surface area contributed by atoms with Gasteiger partial charge in [-0.3, -0.25) is 14.5 Å². The van der Waals surface area contributed by atoms with E-state index in [4.69, 9.17) is 0 Å². The first kappa shape index (κ1) is 24.1. The Morgan fingerprint density at radius 3 is 2.58 bits per heavy atom. The lowest BCUT2D eigenvalue weighted by molar-refractivity contribution is -0.125. The molecule has 1 N–H and O–H groups in total. The zero-order valence-electron chi connectivity index (χ0n) is 18.4. The van der Waals surface area contributed by atoms with Gasteiger partial charge in [-0.1, -0.05) is 13.3 Å². The topological polar surface area (TPSA) is 86.8 Å². The van der Waals surface area contributed by atoms with Crippen LogP contribution in [0, 0.1) is 0 Å². The van der Waals surface area contributed by atoms with Gasteiger partial charge in [-0.2, -0.15) is 16.1 Å². The van der Waals surface area contributed by atoms with Crippen LogP contribution in [0.1, 0.15) is 51.5 Å². The molecule has 2 amide bonds. The predicted molar refractivity (Wildman–Crippen MR) is 125 cm³/mol. The highest BCUT2D eigenvalue weighted by molar-refractivity contribution is 7.99. The fraction of sp³-hybridized carbons (Fsp3) is 0.636. The standard InChI is InChI=1S/C22H33N3O4S2/c1-3-13-30-14-7-10-23-22(27)21-16-18-15-19(8-9-20(18)25(21)17(2)26)31(28,29)24-11-5-4-6-12-24/h8-9,15,21H,3-7,10-14,16H2,1-2H3,(H,23,27). The molecule has 0 aromatic heterocycles. The maximum atomic E-state index is 13.0. The molecule has 0 bridgehead atoms. The molecule has 2 aliphatic heterocycles. The van der Waals surface area contributed by atoms with Gasteiger partial charge in [-0.25, -0.2) is 8.42 Å². The van der Waals surface area contributed by atoms with Gasteiger partial charge in [0.15, 0.2) is 0 Å². The van der Waals surface area contributed by atoms with E-state index in [-0.39, 0.29) is 16.7 Å². The van der Waals surface area contributed by atoms with Crippen LogP contribution in [0.2, 0.25) is 0 Å². The van der Waals surface area contributed by atoms with Crippen LogP contribution in [-0.2, 0) is 26.0 Å². The number of fused-ring (bicyclic) bond motifs is 1. The molecule has 0 radical (unpaired) electrons. The average molecular weight is 468 g/mol. The van der Waals surface area contributed by atoms with E-state index < -0.39 is 16.1 Å². The Kier molecular flexibility index (Phi) is 8.41. The molecule has 1 unspecified atom stereocenters. The van der Waals surface area contributed by atoms with E-state index in [2.05, 4.69) is 12.2 Å². The first-order valence-electron chi connectivity index (χ1n) is 11.1. The summed E-state index contributed by atoms with van der Waals surface area (Å²) in [6, 6.07) is 4.24. The number of hydrogen-bond acceptors (Lipinski definition) is 5. The van der Waals surface area contributed by atoms with E-state index in [1.807, 2.05) is 11.8 Å². The summed E-state index contributed by atoms with van der Waals surface area (Å²) >= 11 is 1.87. The van der Waals surface area contributed by atoms with Crippen LogP contribution < -0.4 is 10.2 Å². The zero-order valence-corrected chi connectivity index (χ0v) is 20.1. The van der Waals surface area contributed by atoms with Gasteiger partial charge in [0.05, 0.1) is 4.90 Å². The van der Waals surface area contributed by atoms with Crippen LogP contribution in [0.15, 0.2) is 23.1 Å². The van der Waals surface area contributed by atoms with E-state index in [9.17, 15) is 18.0 Å². The number of thioether (sulfide) groups is 1. The molecule has 0 spiro atoms. The molecule has 31 heavy (non-hydrogen) atoms. The van der Waals surface area contributed by atoms with Gasteiger partial charge in [-0.15, -0.1) is 0 Å². The van der Waals surface area contributed by atoms with Gasteiger partial charge in [-0.05, 0) is 61.0 Å². The van der Waals surface area contributed by atoms with E-state index in [1.165, 1.54) is 16.1 Å². The molecule has 3 rings (SSSR count). The summed E-state index contributed by atoms with van der Waals surface area (Å²) in [6.45, 7) is 5.24. The van der Waals surface area contributed by atoms with Crippen LogP contribution in [-0.4, -0.2) is 61.7 Å². The summed E-state index contributed by atoms with van der Waals surface area (Å²) in [5.74, 6) is 1.70. The quantitative estimate of drug-likeness (QED) is 0.565. The van der Waals surface area contributed by atoms with Crippen molar-refractivity contribution in [3.8, 4) is 0 Å². The number of amides is 2. The van der Waals surface area contributed by atoms with Crippen molar-refractivity contribution in [3.63, 3.8) is 0 Å². The number of anilines is 1. The summed E-state index contributed by atoms with van der Waals surface area (Å²) in [6.07, 6.45) is 5.16. The Labute approximate surface area is 190 Å². The summed E-state index contributed by atoms with van der Waals surface area (Å²) in [7, 11) is -3.56. The molecular formula is C22H33N3O4S2. The normalized spacial score (nSPS) is 19.3. The van der Waals surface area contributed by atoms with Gasteiger partial charge in [0, 0.05) is 38.7 Å².